The molecule has 36 heavy (non-hydrogen) atoms. The number of hydrogen-bond acceptors (Lipinski definition) is 5. The van der Waals surface area contributed by atoms with E-state index < -0.39 is 0 Å². The molecule has 0 unspecified atom stereocenters. The molecule has 0 N–H and O–H groups in total. The third-order valence-corrected chi connectivity index (χ3v) is 7.46. The molecule has 0 bridgehead atoms. The first kappa shape index (κ1) is 24.3. The van der Waals surface area contributed by atoms with Crippen molar-refractivity contribution in [3.63, 3.8) is 0 Å². The van der Waals surface area contributed by atoms with Crippen molar-refractivity contribution in [2.24, 2.45) is 0 Å². The Labute approximate surface area is 213 Å². The summed E-state index contributed by atoms with van der Waals surface area (Å²) in [6.45, 7) is 12.8. The number of likely N-dealkylation sites (tertiary alicyclic amines) is 1. The van der Waals surface area contributed by atoms with E-state index >= 15 is 0 Å². The Morgan fingerprint density at radius 3 is 2.53 bits per heavy atom. The molecule has 7 heteroatoms. The van der Waals surface area contributed by atoms with E-state index in [1.165, 1.54) is 0 Å². The van der Waals surface area contributed by atoms with Crippen molar-refractivity contribution in [1.29, 1.82) is 0 Å². The second-order valence-corrected chi connectivity index (χ2v) is 9.63. The molecule has 0 aromatic carbocycles. The predicted molar refractivity (Wildman–Crippen MR) is 144 cm³/mol. The van der Waals surface area contributed by atoms with Crippen LogP contribution in [0.5, 0.6) is 0 Å². The van der Waals surface area contributed by atoms with Crippen molar-refractivity contribution < 1.29 is 4.79 Å². The van der Waals surface area contributed by atoms with Crippen LogP contribution in [0, 0.1) is 6.92 Å². The lowest BCUT2D eigenvalue weighted by atomic mass is 10.0. The number of amides is 1. The normalized spacial score (nSPS) is 22.6. The van der Waals surface area contributed by atoms with Gasteiger partial charge in [0.05, 0.1) is 34.5 Å². The fraction of sp³-hybridized carbons (Fsp3) is 0.414. The molecule has 2 aromatic rings. The lowest BCUT2D eigenvalue weighted by molar-refractivity contribution is -0.122. The molecular formula is C29H36N6O. The van der Waals surface area contributed by atoms with Crippen molar-refractivity contribution in [1.82, 2.24) is 29.3 Å². The summed E-state index contributed by atoms with van der Waals surface area (Å²) in [6.07, 6.45) is 18.9. The number of aryl methyl sites for hydroxylation is 2. The van der Waals surface area contributed by atoms with Gasteiger partial charge in [0.15, 0.2) is 0 Å². The minimum Gasteiger partial charge on any atom is -0.370 e. The number of nitrogens with zero attached hydrogens (tertiary/aromatic N) is 6. The molecule has 0 saturated carbocycles. The van der Waals surface area contributed by atoms with Gasteiger partial charge in [-0.05, 0) is 63.6 Å². The first-order valence-corrected chi connectivity index (χ1v) is 13.2. The van der Waals surface area contributed by atoms with Crippen LogP contribution in [0.4, 0.5) is 0 Å². The number of aromatic nitrogens is 3. The van der Waals surface area contributed by atoms with Gasteiger partial charge < -0.3 is 9.80 Å². The Kier molecular flexibility index (Phi) is 6.92. The van der Waals surface area contributed by atoms with E-state index in [9.17, 15) is 4.79 Å². The maximum Gasteiger partial charge on any atom is 0.255 e. The average molecular weight is 485 g/mol. The maximum atomic E-state index is 13.4. The molecule has 1 amide bonds. The van der Waals surface area contributed by atoms with Crippen molar-refractivity contribution in [2.75, 3.05) is 26.2 Å². The molecular weight excluding hydrogens is 448 g/mol. The zero-order valence-corrected chi connectivity index (χ0v) is 21.8. The van der Waals surface area contributed by atoms with Gasteiger partial charge >= 0.3 is 0 Å². The van der Waals surface area contributed by atoms with E-state index in [4.69, 9.17) is 5.10 Å². The fourth-order valence-electron chi connectivity index (χ4n) is 5.49. The summed E-state index contributed by atoms with van der Waals surface area (Å²) in [7, 11) is 0. The molecule has 3 aliphatic rings. The average Bonchev–Trinajstić information content (AvgIpc) is 3.31. The SMILES string of the molecule is CCc1nc(C)cn2nc(C3=C\C(=O)N4C=C(N5CCC(N(CC)CC)CC5)C=C\C4=C/C=C/3)cc12. The van der Waals surface area contributed by atoms with Crippen LogP contribution in [0.3, 0.4) is 0 Å². The molecule has 0 radical (unpaired) electrons. The predicted octanol–water partition coefficient (Wildman–Crippen LogP) is 4.48. The van der Waals surface area contributed by atoms with E-state index in [2.05, 4.69) is 41.6 Å². The summed E-state index contributed by atoms with van der Waals surface area (Å²) in [5.74, 6) is -0.0671. The zero-order valence-electron chi connectivity index (χ0n) is 21.8. The highest BCUT2D eigenvalue weighted by Gasteiger charge is 2.26. The van der Waals surface area contributed by atoms with Crippen LogP contribution < -0.4 is 0 Å². The Hall–Kier alpha value is -3.45. The topological polar surface area (TPSA) is 57.0 Å². The van der Waals surface area contributed by atoms with E-state index in [1.807, 2.05) is 54.2 Å². The molecule has 0 atom stereocenters. The lowest BCUT2D eigenvalue weighted by Gasteiger charge is -2.40. The van der Waals surface area contributed by atoms with Crippen LogP contribution in [0.2, 0.25) is 0 Å². The molecule has 2 aromatic heterocycles. The molecule has 5 rings (SSSR count). The Balaban J connectivity index is 1.39. The highest BCUT2D eigenvalue weighted by Crippen LogP contribution is 2.27. The largest absolute Gasteiger partial charge is 0.370 e. The van der Waals surface area contributed by atoms with Gasteiger partial charge in [-0.15, -0.1) is 0 Å². The Morgan fingerprint density at radius 1 is 1.06 bits per heavy atom. The van der Waals surface area contributed by atoms with Gasteiger partial charge in [0.25, 0.3) is 5.91 Å². The minimum absolute atomic E-state index is 0.0671. The Bertz CT molecular complexity index is 1300. The number of piperidine rings is 1. The number of rotatable bonds is 6. The first-order valence-electron chi connectivity index (χ1n) is 13.2. The highest BCUT2D eigenvalue weighted by molar-refractivity contribution is 5.99. The number of carbonyl (C=O) groups excluding carboxylic acids is 1. The van der Waals surface area contributed by atoms with E-state index in [0.29, 0.717) is 6.04 Å². The van der Waals surface area contributed by atoms with Gasteiger partial charge in [0.2, 0.25) is 0 Å². The van der Waals surface area contributed by atoms with Crippen LogP contribution in [-0.2, 0) is 11.2 Å². The van der Waals surface area contributed by atoms with Gasteiger partial charge in [-0.3, -0.25) is 14.7 Å². The van der Waals surface area contributed by atoms with Gasteiger partial charge in [-0.2, -0.15) is 5.10 Å². The van der Waals surface area contributed by atoms with Crippen LogP contribution in [0.25, 0.3) is 11.1 Å². The quantitative estimate of drug-likeness (QED) is 0.605. The molecule has 0 aliphatic carbocycles. The first-order chi connectivity index (χ1) is 17.5. The minimum atomic E-state index is -0.0671. The molecule has 5 heterocycles. The van der Waals surface area contributed by atoms with Crippen LogP contribution >= 0.6 is 0 Å². The van der Waals surface area contributed by atoms with Crippen molar-refractivity contribution >= 4 is 17.0 Å². The summed E-state index contributed by atoms with van der Waals surface area (Å²) >= 11 is 0. The third kappa shape index (κ3) is 4.67. The molecule has 188 valence electrons. The van der Waals surface area contributed by atoms with Crippen molar-refractivity contribution in [3.8, 4) is 0 Å². The monoisotopic (exact) mass is 484 g/mol. The molecule has 1 saturated heterocycles. The number of hydrogen-bond donors (Lipinski definition) is 0. The maximum absolute atomic E-state index is 13.4. The number of carbonyl (C=O) groups is 1. The standard InChI is InChI=1S/C29H36N6O/c1-5-26-28-18-27(31-35(28)19-21(4)30-26)22-9-8-10-24-11-12-25(20-34(24)29(36)17-22)33-15-13-23(14-16-33)32(6-2)7-3/h8-12,17-20,23H,5-7,13-16H2,1-4H3/b9-8+,22-17+,24-10+. The second-order valence-electron chi connectivity index (χ2n) is 9.63. The molecule has 1 fully saturated rings. The zero-order chi connectivity index (χ0) is 25.2. The number of fused-ring (bicyclic) bond motifs is 2. The number of allylic oxidation sites excluding steroid dienone is 6. The second kappa shape index (κ2) is 10.3. The third-order valence-electron chi connectivity index (χ3n) is 7.46. The van der Waals surface area contributed by atoms with Crippen LogP contribution in [0.1, 0.15) is 50.7 Å². The van der Waals surface area contributed by atoms with Gasteiger partial charge in [-0.25, -0.2) is 4.52 Å². The molecule has 3 aliphatic heterocycles. The summed E-state index contributed by atoms with van der Waals surface area (Å²) in [4.78, 5) is 24.8. The lowest BCUT2D eigenvalue weighted by Crippen LogP contribution is -2.44. The van der Waals surface area contributed by atoms with Gasteiger partial charge in [0, 0.05) is 42.7 Å². The summed E-state index contributed by atoms with van der Waals surface area (Å²) in [6, 6.07) is 2.68. The summed E-state index contributed by atoms with van der Waals surface area (Å²) in [5, 5.41) is 4.76. The van der Waals surface area contributed by atoms with E-state index in [1.54, 1.807) is 11.0 Å². The van der Waals surface area contributed by atoms with Gasteiger partial charge in [0.1, 0.15) is 0 Å². The van der Waals surface area contributed by atoms with Gasteiger partial charge in [-0.1, -0.05) is 32.9 Å². The van der Waals surface area contributed by atoms with Crippen LogP contribution in [-0.4, -0.2) is 67.4 Å². The highest BCUT2D eigenvalue weighted by atomic mass is 16.2. The smallest absolute Gasteiger partial charge is 0.255 e. The molecule has 7 nitrogen and oxygen atoms in total. The molecule has 0 spiro atoms. The fourth-order valence-corrected chi connectivity index (χ4v) is 5.49. The van der Waals surface area contributed by atoms with Crippen molar-refractivity contribution in [2.45, 2.75) is 53.0 Å². The summed E-state index contributed by atoms with van der Waals surface area (Å²) < 4.78 is 1.87. The Morgan fingerprint density at radius 2 is 1.81 bits per heavy atom. The van der Waals surface area contributed by atoms with Crippen LogP contribution in [0.15, 0.2) is 66.3 Å². The summed E-state index contributed by atoms with van der Waals surface area (Å²) in [5.41, 5.74) is 6.46. The van der Waals surface area contributed by atoms with E-state index in [0.717, 1.165) is 85.0 Å². The van der Waals surface area contributed by atoms with E-state index in [-0.39, 0.29) is 5.91 Å². The van der Waals surface area contributed by atoms with Crippen molar-refractivity contribution in [3.05, 3.63) is 83.4 Å².